The molecule has 1 aromatic rings. The summed E-state index contributed by atoms with van der Waals surface area (Å²) in [7, 11) is 1.06. The van der Waals surface area contributed by atoms with Crippen LogP contribution in [-0.2, 0) is 18.5 Å². The Bertz CT molecular complexity index is 1400. The molecule has 0 N–H and O–H groups in total. The first kappa shape index (κ1) is 58.5. The lowest BCUT2D eigenvalue weighted by atomic mass is 9.86. The highest BCUT2D eigenvalue weighted by atomic mass is 28.2. The largest absolute Gasteiger partial charge is 0.335 e. The molecule has 63 heavy (non-hydrogen) atoms. The Hall–Kier alpha value is -2.50. The summed E-state index contributed by atoms with van der Waals surface area (Å²) in [4.78, 5) is 43.5. The molecule has 0 bridgehead atoms. The average Bonchev–Trinajstić information content (AvgIpc) is 3.24. The molecule has 1 rings (SSSR count). The molecule has 0 aliphatic carbocycles. The van der Waals surface area contributed by atoms with E-state index >= 15 is 0 Å². The van der Waals surface area contributed by atoms with Crippen LogP contribution >= 0.6 is 0 Å². The highest BCUT2D eigenvalue weighted by molar-refractivity contribution is 6.37. The fourth-order valence-corrected chi connectivity index (χ4v) is 14.3. The summed E-state index contributed by atoms with van der Waals surface area (Å²) in [5, 5.41) is 0. The first-order valence-electron chi connectivity index (χ1n) is 25.2. The zero-order valence-electron chi connectivity index (χ0n) is 41.4. The summed E-state index contributed by atoms with van der Waals surface area (Å²) in [6.45, 7) is 38.4. The van der Waals surface area contributed by atoms with Crippen molar-refractivity contribution in [2.45, 2.75) is 212 Å². The van der Waals surface area contributed by atoms with Crippen molar-refractivity contribution in [1.29, 1.82) is 0 Å². The van der Waals surface area contributed by atoms with Crippen LogP contribution in [-0.4, -0.2) is 42.3 Å². The topological polar surface area (TPSA) is 66.0 Å². The van der Waals surface area contributed by atoms with Crippen LogP contribution in [0.4, 0.5) is 0 Å². The highest BCUT2D eigenvalue weighted by Gasteiger charge is 2.25. The molecule has 9 unspecified atom stereocenters. The van der Waals surface area contributed by atoms with Crippen LogP contribution < -0.4 is 17.1 Å². The third kappa shape index (κ3) is 24.0. The van der Waals surface area contributed by atoms with Gasteiger partial charge in [-0.15, -0.1) is 39.5 Å². The number of unbranched alkanes of at least 4 members (excludes halogenated alkanes) is 3. The second-order valence-corrected chi connectivity index (χ2v) is 23.8. The summed E-state index contributed by atoms with van der Waals surface area (Å²) in [5.74, 6) is 3.43. The lowest BCUT2D eigenvalue weighted by Crippen LogP contribution is -2.56. The molecule has 9 atom stereocenters. The molecule has 354 valence electrons. The van der Waals surface area contributed by atoms with E-state index in [-0.39, 0.29) is 0 Å². The Balaban J connectivity index is 3.66. The Morgan fingerprint density at radius 2 is 0.651 bits per heavy atom. The van der Waals surface area contributed by atoms with E-state index in [4.69, 9.17) is 0 Å². The second-order valence-electron chi connectivity index (χ2n) is 19.2. The molecule has 0 aromatic carbocycles. The van der Waals surface area contributed by atoms with Crippen LogP contribution in [0.5, 0.6) is 0 Å². The zero-order valence-corrected chi connectivity index (χ0v) is 44.4. The van der Waals surface area contributed by atoms with Gasteiger partial charge in [-0.3, -0.25) is 0 Å². The molecule has 0 saturated carbocycles. The molecule has 0 saturated heterocycles. The van der Waals surface area contributed by atoms with Crippen molar-refractivity contribution in [2.24, 2.45) is 35.5 Å². The molecular weight excluding hydrogens is 823 g/mol. The van der Waals surface area contributed by atoms with Gasteiger partial charge >= 0.3 is 17.1 Å². The molecule has 9 heteroatoms. The van der Waals surface area contributed by atoms with Gasteiger partial charge in [0, 0.05) is 18.5 Å². The van der Waals surface area contributed by atoms with E-state index in [0.29, 0.717) is 99.2 Å². The van der Waals surface area contributed by atoms with Crippen molar-refractivity contribution in [3.05, 3.63) is 107 Å². The van der Waals surface area contributed by atoms with E-state index in [9.17, 15) is 14.4 Å². The van der Waals surface area contributed by atoms with E-state index in [1.165, 1.54) is 71.5 Å². The van der Waals surface area contributed by atoms with Gasteiger partial charge < -0.3 is 0 Å². The Labute approximate surface area is 394 Å². The van der Waals surface area contributed by atoms with Gasteiger partial charge in [0.25, 0.3) is 0 Å². The highest BCUT2D eigenvalue weighted by Crippen LogP contribution is 2.33. The van der Waals surface area contributed by atoms with Crippen LogP contribution in [0, 0.1) is 35.5 Å². The molecule has 0 aliphatic rings. The molecule has 6 radical (unpaired) electrons. The van der Waals surface area contributed by atoms with Crippen molar-refractivity contribution >= 4 is 28.6 Å². The zero-order chi connectivity index (χ0) is 47.0. The minimum atomic E-state index is -0.458. The minimum absolute atomic E-state index is 0.298. The summed E-state index contributed by atoms with van der Waals surface area (Å²) >= 11 is 0. The fourth-order valence-electron chi connectivity index (χ4n) is 9.64. The molecule has 0 fully saturated rings. The maximum Gasteiger partial charge on any atom is 0.335 e. The molecular formula is C54H93N3O3Si3. The van der Waals surface area contributed by atoms with E-state index < -0.39 is 17.1 Å². The van der Waals surface area contributed by atoms with Gasteiger partial charge in [-0.1, -0.05) is 136 Å². The maximum atomic E-state index is 14.5. The lowest BCUT2D eigenvalue weighted by molar-refractivity contribution is 0.345. The SMILES string of the molecule is C=CCC(CC(C)CCCC)CC(CC=C)[Si]Cn1c(=O)n(C[Si]C(CC=C)CC(CC=C)CC(C)CCCC)c(=O)n(C[Si]C(CC=C)CC(CC=C)CC(C)CCCC)c1=O. The van der Waals surface area contributed by atoms with Crippen LogP contribution in [0.2, 0.25) is 16.6 Å². The van der Waals surface area contributed by atoms with Gasteiger partial charge in [0.05, 0.1) is 28.6 Å². The minimum Gasteiger partial charge on any atom is -0.249 e. The monoisotopic (exact) mass is 916 g/mol. The van der Waals surface area contributed by atoms with Crippen LogP contribution in [0.15, 0.2) is 90.3 Å². The van der Waals surface area contributed by atoms with Gasteiger partial charge in [-0.25, -0.2) is 28.1 Å². The van der Waals surface area contributed by atoms with Gasteiger partial charge in [0.1, 0.15) is 0 Å². The first-order chi connectivity index (χ1) is 30.4. The van der Waals surface area contributed by atoms with Crippen molar-refractivity contribution in [2.75, 3.05) is 0 Å². The Morgan fingerprint density at radius 1 is 0.413 bits per heavy atom. The van der Waals surface area contributed by atoms with E-state index in [0.717, 1.165) is 77.0 Å². The van der Waals surface area contributed by atoms with E-state index in [1.807, 2.05) is 36.5 Å². The molecule has 0 spiro atoms. The van der Waals surface area contributed by atoms with Crippen molar-refractivity contribution in [3.63, 3.8) is 0 Å². The third-order valence-corrected chi connectivity index (χ3v) is 17.7. The normalized spacial score (nSPS) is 15.9. The summed E-state index contributed by atoms with van der Waals surface area (Å²) in [5.41, 5.74) is -0.480. The third-order valence-electron chi connectivity index (χ3n) is 13.1. The first-order valence-corrected chi connectivity index (χ1v) is 29.0. The van der Waals surface area contributed by atoms with Gasteiger partial charge in [0.15, 0.2) is 0 Å². The van der Waals surface area contributed by atoms with Crippen LogP contribution in [0.3, 0.4) is 0 Å². The number of aromatic nitrogens is 3. The lowest BCUT2D eigenvalue weighted by Gasteiger charge is -2.26. The van der Waals surface area contributed by atoms with Gasteiger partial charge in [-0.2, -0.15) is 0 Å². The Morgan fingerprint density at radius 3 is 0.857 bits per heavy atom. The number of allylic oxidation sites excluding steroid dienone is 6. The summed E-state index contributed by atoms with van der Waals surface area (Å²) in [6.07, 6.45) is 36.0. The van der Waals surface area contributed by atoms with Crippen molar-refractivity contribution in [3.8, 4) is 0 Å². The smallest absolute Gasteiger partial charge is 0.249 e. The van der Waals surface area contributed by atoms with E-state index in [2.05, 4.69) is 81.0 Å². The average molecular weight is 917 g/mol. The van der Waals surface area contributed by atoms with Gasteiger partial charge in [-0.05, 0) is 129 Å². The standard InChI is InChI=1S/C54H93N3O3Si3/c1-13-22-31-43(10)34-46(25-16-4)37-49(28-19-7)61-40-55-52(58)56(41-62-50(29-20-8)38-47(26-17-5)35-44(11)32-23-14-2)54(60)57(53(55)59)42-63-51(30-21-9)39-48(27-18-6)36-45(12)33-24-15-3/h16-21,43-51H,4-9,13-15,22-42H2,1-3,10-12H3. The number of rotatable bonds is 42. The fraction of sp³-hybridized carbons (Fsp3) is 0.722. The van der Waals surface area contributed by atoms with Gasteiger partial charge in [0.2, 0.25) is 0 Å². The Kier molecular flexibility index (Phi) is 33.2. The number of hydrogen-bond acceptors (Lipinski definition) is 3. The molecule has 0 amide bonds. The second kappa shape index (κ2) is 35.7. The summed E-state index contributed by atoms with van der Waals surface area (Å²) < 4.78 is 4.23. The predicted octanol–water partition coefficient (Wildman–Crippen LogP) is 13.6. The van der Waals surface area contributed by atoms with E-state index in [1.54, 1.807) is 0 Å². The number of hydrogen-bond donors (Lipinski definition) is 0. The maximum absolute atomic E-state index is 14.5. The molecule has 1 heterocycles. The van der Waals surface area contributed by atoms with Crippen LogP contribution in [0.1, 0.15) is 176 Å². The van der Waals surface area contributed by atoms with Crippen molar-refractivity contribution in [1.82, 2.24) is 13.7 Å². The number of nitrogens with zero attached hydrogens (tertiary/aromatic N) is 3. The van der Waals surface area contributed by atoms with Crippen molar-refractivity contribution < 1.29 is 0 Å². The van der Waals surface area contributed by atoms with Crippen LogP contribution in [0.25, 0.3) is 0 Å². The summed E-state index contributed by atoms with van der Waals surface area (Å²) in [6, 6.07) is 0. The molecule has 1 aromatic heterocycles. The quantitative estimate of drug-likeness (QED) is 0.0485. The predicted molar refractivity (Wildman–Crippen MR) is 281 cm³/mol. The molecule has 0 aliphatic heterocycles. The molecule has 6 nitrogen and oxygen atoms in total.